The Bertz CT molecular complexity index is 1350. The van der Waals surface area contributed by atoms with Crippen LogP contribution >= 0.6 is 11.6 Å². The molecule has 1 N–H and O–H groups in total. The first kappa shape index (κ1) is 21.5. The third-order valence-corrected chi connectivity index (χ3v) is 5.32. The Labute approximate surface area is 190 Å². The minimum absolute atomic E-state index is 0.155. The molecule has 0 bridgehead atoms. The van der Waals surface area contributed by atoms with Gasteiger partial charge in [0.25, 0.3) is 11.5 Å². The van der Waals surface area contributed by atoms with Crippen LogP contribution in [-0.2, 0) is 17.8 Å². The second-order valence-corrected chi connectivity index (χ2v) is 7.78. The summed E-state index contributed by atoms with van der Waals surface area (Å²) in [7, 11) is 0. The highest BCUT2D eigenvalue weighted by Crippen LogP contribution is 2.17. The second-order valence-electron chi connectivity index (χ2n) is 7.42. The highest BCUT2D eigenvalue weighted by molar-refractivity contribution is 6.69. The monoisotopic (exact) mass is 444 g/mol. The molecule has 0 unspecified atom stereocenters. The first-order valence-electron chi connectivity index (χ1n) is 10.1. The van der Waals surface area contributed by atoms with Crippen LogP contribution in [-0.4, -0.2) is 20.9 Å². The van der Waals surface area contributed by atoms with Crippen molar-refractivity contribution in [1.82, 2.24) is 15.2 Å². The van der Waals surface area contributed by atoms with Crippen LogP contribution in [0, 0.1) is 6.92 Å². The summed E-state index contributed by atoms with van der Waals surface area (Å²) >= 11 is 6.18. The average Bonchev–Trinajstić information content (AvgIpc) is 2.81. The highest BCUT2D eigenvalue weighted by Gasteiger charge is 2.13. The second kappa shape index (κ2) is 9.58. The van der Waals surface area contributed by atoms with Crippen molar-refractivity contribution in [1.29, 1.82) is 0 Å². The van der Waals surface area contributed by atoms with E-state index in [1.807, 2.05) is 73.7 Å². The molecule has 160 valence electrons. The number of halogens is 1. The zero-order valence-corrected chi connectivity index (χ0v) is 18.2. The van der Waals surface area contributed by atoms with Crippen LogP contribution in [0.3, 0.4) is 0 Å². The molecule has 0 aliphatic rings. The number of benzene rings is 3. The van der Waals surface area contributed by atoms with Gasteiger partial charge in [0.1, 0.15) is 6.54 Å². The number of rotatable bonds is 6. The molecule has 0 aliphatic carbocycles. The number of fused-ring (bicyclic) bond motifs is 1. The zero-order chi connectivity index (χ0) is 22.5. The number of hydrogen-bond acceptors (Lipinski definition) is 4. The fourth-order valence-electron chi connectivity index (χ4n) is 3.37. The van der Waals surface area contributed by atoms with Gasteiger partial charge in [0, 0.05) is 17.4 Å². The van der Waals surface area contributed by atoms with Crippen molar-refractivity contribution >= 4 is 33.5 Å². The molecule has 0 saturated heterocycles. The van der Waals surface area contributed by atoms with Crippen molar-refractivity contribution in [2.45, 2.75) is 19.9 Å². The number of nitrogens with one attached hydrogen (secondary N) is 1. The van der Waals surface area contributed by atoms with Crippen molar-refractivity contribution in [2.24, 2.45) is 5.10 Å². The van der Waals surface area contributed by atoms with Crippen LogP contribution in [0.25, 0.3) is 10.8 Å². The molecule has 4 rings (SSSR count). The molecule has 1 heterocycles. The normalized spacial score (nSPS) is 11.5. The predicted octanol–water partition coefficient (Wildman–Crippen LogP) is 4.01. The molecule has 0 saturated carbocycles. The molecule has 0 spiro atoms. The Balaban J connectivity index is 1.59. The Morgan fingerprint density at radius 2 is 1.62 bits per heavy atom. The van der Waals surface area contributed by atoms with Gasteiger partial charge in [-0.15, -0.1) is 0 Å². The van der Waals surface area contributed by atoms with Gasteiger partial charge in [-0.3, -0.25) is 9.59 Å². The Kier molecular flexibility index (Phi) is 6.42. The molecule has 0 aliphatic heterocycles. The summed E-state index contributed by atoms with van der Waals surface area (Å²) in [5.74, 6) is -0.495. The van der Waals surface area contributed by atoms with E-state index in [-0.39, 0.29) is 17.3 Å². The summed E-state index contributed by atoms with van der Waals surface area (Å²) in [6.45, 7) is 1.70. The van der Waals surface area contributed by atoms with Gasteiger partial charge in [-0.05, 0) is 18.6 Å². The van der Waals surface area contributed by atoms with Crippen LogP contribution in [0.4, 0.5) is 0 Å². The maximum atomic E-state index is 12.9. The number of hydrogen-bond donors (Lipinski definition) is 1. The Hall–Kier alpha value is -3.77. The van der Waals surface area contributed by atoms with Gasteiger partial charge < -0.3 is 0 Å². The number of nitrogens with zero attached hydrogens (tertiary/aromatic N) is 3. The van der Waals surface area contributed by atoms with E-state index in [1.54, 1.807) is 12.1 Å². The SMILES string of the molecule is Cc1ccc(/C(Cl)=N\NC(=O)Cn2nc(Cc3ccccc3)c3ccccc3c2=O)cc1. The van der Waals surface area contributed by atoms with Crippen LogP contribution in [0.15, 0.2) is 88.8 Å². The topological polar surface area (TPSA) is 76.3 Å². The van der Waals surface area contributed by atoms with Crippen LogP contribution < -0.4 is 11.0 Å². The maximum absolute atomic E-state index is 12.9. The molecular formula is C25H21ClN4O2. The van der Waals surface area contributed by atoms with Gasteiger partial charge in [-0.25, -0.2) is 10.1 Å². The summed E-state index contributed by atoms with van der Waals surface area (Å²) in [5.41, 5.74) is 5.64. The first-order chi connectivity index (χ1) is 15.5. The molecule has 0 fully saturated rings. The molecule has 0 atom stereocenters. The number of hydrazone groups is 1. The van der Waals surface area contributed by atoms with Gasteiger partial charge in [0.15, 0.2) is 5.17 Å². The number of amides is 1. The zero-order valence-electron chi connectivity index (χ0n) is 17.5. The molecule has 3 aromatic carbocycles. The van der Waals surface area contributed by atoms with E-state index >= 15 is 0 Å². The third kappa shape index (κ3) is 4.92. The smallest absolute Gasteiger partial charge is 0.271 e. The molecule has 1 aromatic heterocycles. The predicted molar refractivity (Wildman–Crippen MR) is 127 cm³/mol. The van der Waals surface area contributed by atoms with Crippen LogP contribution in [0.1, 0.15) is 22.4 Å². The third-order valence-electron chi connectivity index (χ3n) is 5.02. The van der Waals surface area contributed by atoms with Crippen LogP contribution in [0.5, 0.6) is 0 Å². The summed E-state index contributed by atoms with van der Waals surface area (Å²) in [6.07, 6.45) is 0.542. The van der Waals surface area contributed by atoms with Crippen molar-refractivity contribution in [3.05, 3.63) is 112 Å². The lowest BCUT2D eigenvalue weighted by Crippen LogP contribution is -2.32. The lowest BCUT2D eigenvalue weighted by atomic mass is 10.0. The quantitative estimate of drug-likeness (QED) is 0.360. The van der Waals surface area contributed by atoms with Crippen molar-refractivity contribution in [3.8, 4) is 0 Å². The highest BCUT2D eigenvalue weighted by atomic mass is 35.5. The molecule has 1 amide bonds. The molecular weight excluding hydrogens is 424 g/mol. The fraction of sp³-hybridized carbons (Fsp3) is 0.120. The van der Waals surface area contributed by atoms with Gasteiger partial charge in [-0.2, -0.15) is 10.2 Å². The Morgan fingerprint density at radius 1 is 0.969 bits per heavy atom. The van der Waals surface area contributed by atoms with E-state index in [2.05, 4.69) is 15.6 Å². The maximum Gasteiger partial charge on any atom is 0.275 e. The first-order valence-corrected chi connectivity index (χ1v) is 10.5. The van der Waals surface area contributed by atoms with Gasteiger partial charge in [0.05, 0.1) is 11.1 Å². The van der Waals surface area contributed by atoms with Crippen LogP contribution in [0.2, 0.25) is 0 Å². The largest absolute Gasteiger partial charge is 0.275 e. The molecule has 6 nitrogen and oxygen atoms in total. The van der Waals surface area contributed by atoms with Crippen molar-refractivity contribution in [2.75, 3.05) is 0 Å². The van der Waals surface area contributed by atoms with Crippen molar-refractivity contribution < 1.29 is 4.79 Å². The molecule has 7 heteroatoms. The summed E-state index contributed by atoms with van der Waals surface area (Å²) in [4.78, 5) is 25.4. The van der Waals surface area contributed by atoms with E-state index < -0.39 is 5.91 Å². The van der Waals surface area contributed by atoms with E-state index in [0.717, 1.165) is 22.2 Å². The number of carbonyl (C=O) groups excluding carboxylic acids is 1. The van der Waals surface area contributed by atoms with E-state index in [0.29, 0.717) is 17.4 Å². The molecule has 4 aromatic rings. The van der Waals surface area contributed by atoms with Gasteiger partial charge >= 0.3 is 0 Å². The lowest BCUT2D eigenvalue weighted by Gasteiger charge is -2.11. The summed E-state index contributed by atoms with van der Waals surface area (Å²) in [6, 6.07) is 24.6. The lowest BCUT2D eigenvalue weighted by molar-refractivity contribution is -0.121. The fourth-order valence-corrected chi connectivity index (χ4v) is 3.54. The standard InChI is InChI=1S/C25H21ClN4O2/c1-17-11-13-19(14-12-17)24(26)28-27-23(31)16-30-25(32)21-10-6-5-9-20(21)22(29-30)15-18-7-3-2-4-8-18/h2-14H,15-16H2,1H3,(H,27,31)/b28-24+. The number of aromatic nitrogens is 2. The van der Waals surface area contributed by atoms with Gasteiger partial charge in [0.2, 0.25) is 0 Å². The minimum atomic E-state index is -0.495. The molecule has 0 radical (unpaired) electrons. The average molecular weight is 445 g/mol. The van der Waals surface area contributed by atoms with E-state index in [4.69, 9.17) is 11.6 Å². The summed E-state index contributed by atoms with van der Waals surface area (Å²) in [5, 5.41) is 9.88. The minimum Gasteiger partial charge on any atom is -0.271 e. The van der Waals surface area contributed by atoms with E-state index in [9.17, 15) is 9.59 Å². The summed E-state index contributed by atoms with van der Waals surface area (Å²) < 4.78 is 1.17. The Morgan fingerprint density at radius 3 is 2.34 bits per heavy atom. The molecule has 32 heavy (non-hydrogen) atoms. The van der Waals surface area contributed by atoms with Gasteiger partial charge in [-0.1, -0.05) is 90.0 Å². The number of carbonyl (C=O) groups is 1. The number of aryl methyl sites for hydroxylation is 1. The van der Waals surface area contributed by atoms with E-state index in [1.165, 1.54) is 4.68 Å². The van der Waals surface area contributed by atoms with Crippen molar-refractivity contribution in [3.63, 3.8) is 0 Å².